The van der Waals surface area contributed by atoms with Crippen molar-refractivity contribution in [2.45, 2.75) is 34.1 Å². The van der Waals surface area contributed by atoms with Gasteiger partial charge in [-0.25, -0.2) is 0 Å². The van der Waals surface area contributed by atoms with Gasteiger partial charge in [-0.3, -0.25) is 9.59 Å². The molecule has 0 unspecified atom stereocenters. The van der Waals surface area contributed by atoms with Gasteiger partial charge in [-0.2, -0.15) is 0 Å². The summed E-state index contributed by atoms with van der Waals surface area (Å²) in [5.74, 6) is 0.444. The van der Waals surface area contributed by atoms with Gasteiger partial charge in [-0.05, 0) is 39.3 Å². The molecule has 1 aliphatic heterocycles. The molecule has 0 aromatic heterocycles. The Morgan fingerprint density at radius 3 is 2.79 bits per heavy atom. The van der Waals surface area contributed by atoms with Crippen LogP contribution in [0.4, 0.5) is 11.4 Å². The molecule has 0 spiro atoms. The molecule has 0 aliphatic carbocycles. The zero-order valence-electron chi connectivity index (χ0n) is 14.8. The highest BCUT2D eigenvalue weighted by molar-refractivity contribution is 6.00. The second-order valence-corrected chi connectivity index (χ2v) is 6.50. The van der Waals surface area contributed by atoms with Crippen molar-refractivity contribution in [3.63, 3.8) is 0 Å². The maximum atomic E-state index is 12.8. The average molecular weight is 334 g/mol. The van der Waals surface area contributed by atoms with Crippen LogP contribution in [0.25, 0.3) is 0 Å². The smallest absolute Gasteiger partial charge is 0.250 e. The van der Waals surface area contributed by atoms with E-state index in [0.717, 1.165) is 12.1 Å². The first-order valence-corrected chi connectivity index (χ1v) is 8.35. The van der Waals surface area contributed by atoms with E-state index in [1.54, 1.807) is 17.0 Å². The maximum Gasteiger partial charge on any atom is 0.250 e. The van der Waals surface area contributed by atoms with E-state index in [4.69, 9.17) is 9.47 Å². The van der Waals surface area contributed by atoms with Crippen LogP contribution in [0, 0.1) is 5.41 Å². The number of fused-ring (bicyclic) bond motifs is 1. The summed E-state index contributed by atoms with van der Waals surface area (Å²) in [5.41, 5.74) is 0.782. The van der Waals surface area contributed by atoms with Crippen LogP contribution in [0.3, 0.4) is 0 Å². The summed E-state index contributed by atoms with van der Waals surface area (Å²) in [6, 6.07) is 5.36. The first-order chi connectivity index (χ1) is 11.4. The summed E-state index contributed by atoms with van der Waals surface area (Å²) in [5, 5.41) is 2.78. The van der Waals surface area contributed by atoms with Gasteiger partial charge >= 0.3 is 0 Å². The van der Waals surface area contributed by atoms with E-state index in [0.29, 0.717) is 31.2 Å². The van der Waals surface area contributed by atoms with Crippen LogP contribution in [0.1, 0.15) is 34.1 Å². The Hall–Kier alpha value is -2.08. The third kappa shape index (κ3) is 4.06. The maximum absolute atomic E-state index is 12.8. The molecular formula is C18H26N2O4. The molecule has 132 valence electrons. The topological polar surface area (TPSA) is 67.9 Å². The van der Waals surface area contributed by atoms with Crippen LogP contribution in [0.5, 0.6) is 5.75 Å². The van der Waals surface area contributed by atoms with Crippen molar-refractivity contribution in [3.05, 3.63) is 18.2 Å². The van der Waals surface area contributed by atoms with Crippen LogP contribution in [-0.4, -0.2) is 38.2 Å². The zero-order valence-corrected chi connectivity index (χ0v) is 14.8. The second kappa shape index (κ2) is 7.66. The van der Waals surface area contributed by atoms with Crippen molar-refractivity contribution in [3.8, 4) is 5.75 Å². The number of ether oxygens (including phenoxy) is 2. The highest BCUT2D eigenvalue weighted by Crippen LogP contribution is 2.38. The first kappa shape index (κ1) is 18.3. The van der Waals surface area contributed by atoms with E-state index in [9.17, 15) is 9.59 Å². The number of nitrogens with one attached hydrogen (secondary N) is 1. The summed E-state index contributed by atoms with van der Waals surface area (Å²) in [7, 11) is 0. The molecule has 1 N–H and O–H groups in total. The van der Waals surface area contributed by atoms with E-state index >= 15 is 0 Å². The molecule has 24 heavy (non-hydrogen) atoms. The lowest BCUT2D eigenvalue weighted by molar-refractivity contribution is -0.127. The lowest BCUT2D eigenvalue weighted by atomic mass is 9.93. The van der Waals surface area contributed by atoms with Crippen LogP contribution in [-0.2, 0) is 14.3 Å². The first-order valence-electron chi connectivity index (χ1n) is 8.35. The number of amides is 2. The molecule has 0 atom stereocenters. The summed E-state index contributed by atoms with van der Waals surface area (Å²) in [4.78, 5) is 26.3. The quantitative estimate of drug-likeness (QED) is 0.868. The molecule has 0 radical (unpaired) electrons. The van der Waals surface area contributed by atoms with Gasteiger partial charge in [0.05, 0.1) is 11.1 Å². The molecule has 0 saturated carbocycles. The van der Waals surface area contributed by atoms with Gasteiger partial charge in [0.1, 0.15) is 19.0 Å². The van der Waals surface area contributed by atoms with Gasteiger partial charge in [0.2, 0.25) is 11.8 Å². The average Bonchev–Trinajstić information content (AvgIpc) is 2.64. The van der Waals surface area contributed by atoms with E-state index in [1.165, 1.54) is 0 Å². The van der Waals surface area contributed by atoms with Gasteiger partial charge in [0.15, 0.2) is 0 Å². The summed E-state index contributed by atoms with van der Waals surface area (Å²) >= 11 is 0. The third-order valence-electron chi connectivity index (χ3n) is 3.83. The van der Waals surface area contributed by atoms with Crippen LogP contribution >= 0.6 is 0 Å². The fraction of sp³-hybridized carbons (Fsp3) is 0.556. The number of benzene rings is 1. The van der Waals surface area contributed by atoms with Crippen molar-refractivity contribution in [2.75, 3.05) is 36.6 Å². The van der Waals surface area contributed by atoms with Crippen molar-refractivity contribution in [1.29, 1.82) is 0 Å². The Morgan fingerprint density at radius 1 is 1.38 bits per heavy atom. The van der Waals surface area contributed by atoms with Crippen LogP contribution in [0.15, 0.2) is 18.2 Å². The molecular weight excluding hydrogens is 308 g/mol. The summed E-state index contributed by atoms with van der Waals surface area (Å²) in [6.45, 7) is 9.08. The van der Waals surface area contributed by atoms with E-state index in [1.807, 2.05) is 33.8 Å². The standard InChI is InChI=1S/C18H26N2O4/c1-5-9-20-14-8-7-13(19-16(21)11-23-6-2)10-15(14)24-12-18(3,4)17(20)22/h7-8,10H,5-6,9,11-12H2,1-4H3,(H,19,21). The number of hydrogen-bond acceptors (Lipinski definition) is 4. The Morgan fingerprint density at radius 2 is 2.12 bits per heavy atom. The molecule has 1 aromatic carbocycles. The van der Waals surface area contributed by atoms with Crippen molar-refractivity contribution in [1.82, 2.24) is 0 Å². The molecule has 0 saturated heterocycles. The second-order valence-electron chi connectivity index (χ2n) is 6.50. The largest absolute Gasteiger partial charge is 0.490 e. The lowest BCUT2D eigenvalue weighted by Crippen LogP contribution is -2.42. The Kier molecular flexibility index (Phi) is 5.83. The molecule has 2 amide bonds. The third-order valence-corrected chi connectivity index (χ3v) is 3.83. The Labute approximate surface area is 143 Å². The van der Waals surface area contributed by atoms with Gasteiger partial charge in [0, 0.05) is 24.9 Å². The fourth-order valence-corrected chi connectivity index (χ4v) is 2.56. The number of nitrogens with zero attached hydrogens (tertiary/aromatic N) is 1. The molecule has 6 nitrogen and oxygen atoms in total. The van der Waals surface area contributed by atoms with E-state index in [-0.39, 0.29) is 18.4 Å². The normalized spacial score (nSPS) is 16.2. The monoisotopic (exact) mass is 334 g/mol. The molecule has 1 aromatic rings. The molecule has 1 aliphatic rings. The van der Waals surface area contributed by atoms with E-state index < -0.39 is 5.41 Å². The number of hydrogen-bond donors (Lipinski definition) is 1. The van der Waals surface area contributed by atoms with Gasteiger partial charge in [-0.15, -0.1) is 0 Å². The molecule has 1 heterocycles. The van der Waals surface area contributed by atoms with Gasteiger partial charge < -0.3 is 19.7 Å². The number of anilines is 2. The highest BCUT2D eigenvalue weighted by Gasteiger charge is 2.37. The van der Waals surface area contributed by atoms with Gasteiger partial charge in [0.25, 0.3) is 0 Å². The predicted octanol–water partition coefficient (Wildman–Crippen LogP) is 2.82. The molecule has 2 rings (SSSR count). The lowest BCUT2D eigenvalue weighted by Gasteiger charge is -2.27. The number of carbonyl (C=O) groups excluding carboxylic acids is 2. The van der Waals surface area contributed by atoms with Crippen LogP contribution < -0.4 is 15.0 Å². The Balaban J connectivity index is 2.26. The molecule has 6 heteroatoms. The SMILES string of the molecule is CCCN1C(=O)C(C)(C)COc2cc(NC(=O)COCC)ccc21. The predicted molar refractivity (Wildman–Crippen MR) is 93.5 cm³/mol. The Bertz CT molecular complexity index is 613. The van der Waals surface area contributed by atoms with Crippen molar-refractivity contribution >= 4 is 23.2 Å². The summed E-state index contributed by atoms with van der Waals surface area (Å²) in [6.07, 6.45) is 0.855. The minimum atomic E-state index is -0.591. The van der Waals surface area contributed by atoms with E-state index in [2.05, 4.69) is 5.32 Å². The zero-order chi connectivity index (χ0) is 17.7. The molecule has 0 fully saturated rings. The highest BCUT2D eigenvalue weighted by atomic mass is 16.5. The van der Waals surface area contributed by atoms with Crippen molar-refractivity contribution < 1.29 is 19.1 Å². The summed E-state index contributed by atoms with van der Waals surface area (Å²) < 4.78 is 11.0. The minimum Gasteiger partial charge on any atom is -0.490 e. The van der Waals surface area contributed by atoms with Gasteiger partial charge in [-0.1, -0.05) is 6.92 Å². The van der Waals surface area contributed by atoms with Crippen molar-refractivity contribution in [2.24, 2.45) is 5.41 Å². The minimum absolute atomic E-state index is 0.0158. The molecule has 0 bridgehead atoms. The van der Waals surface area contributed by atoms with Crippen LogP contribution in [0.2, 0.25) is 0 Å². The number of rotatable bonds is 6. The fourth-order valence-electron chi connectivity index (χ4n) is 2.56. The number of carbonyl (C=O) groups is 2.